The average molecular weight is 218 g/mol. The summed E-state index contributed by atoms with van der Waals surface area (Å²) < 4.78 is 1.12. The van der Waals surface area contributed by atoms with E-state index in [9.17, 15) is 9.90 Å². The first-order chi connectivity index (χ1) is 7.68. The first-order valence-electron chi connectivity index (χ1n) is 4.65. The van der Waals surface area contributed by atoms with Gasteiger partial charge in [0.1, 0.15) is 5.75 Å². The maximum absolute atomic E-state index is 11.2. The van der Waals surface area contributed by atoms with Crippen molar-refractivity contribution in [3.8, 4) is 5.75 Å². The number of aryl methyl sites for hydroxylation is 1. The molecule has 2 aromatic rings. The first-order valence-corrected chi connectivity index (χ1v) is 4.65. The molecule has 0 aliphatic heterocycles. The number of aromatic amines is 1. The van der Waals surface area contributed by atoms with Gasteiger partial charge in [0, 0.05) is 5.56 Å². The van der Waals surface area contributed by atoms with E-state index in [1.807, 2.05) is 0 Å². The van der Waals surface area contributed by atoms with Gasteiger partial charge in [-0.15, -0.1) is 0 Å². The third kappa shape index (κ3) is 1.85. The van der Waals surface area contributed by atoms with Crippen LogP contribution in [-0.2, 0) is 0 Å². The highest BCUT2D eigenvalue weighted by Gasteiger charge is 2.01. The molecule has 0 atom stereocenters. The molecule has 1 heterocycles. The lowest BCUT2D eigenvalue weighted by Gasteiger charge is -1.96. The van der Waals surface area contributed by atoms with Crippen molar-refractivity contribution >= 4 is 6.21 Å². The lowest BCUT2D eigenvalue weighted by molar-refractivity contribution is 0.474. The van der Waals surface area contributed by atoms with Crippen molar-refractivity contribution in [1.29, 1.82) is 0 Å². The number of benzene rings is 1. The van der Waals surface area contributed by atoms with Crippen molar-refractivity contribution < 1.29 is 5.11 Å². The third-order valence-electron chi connectivity index (χ3n) is 2.06. The predicted molar refractivity (Wildman–Crippen MR) is 58.7 cm³/mol. The van der Waals surface area contributed by atoms with Gasteiger partial charge in [0.05, 0.1) is 6.21 Å². The summed E-state index contributed by atoms with van der Waals surface area (Å²) in [6.45, 7) is 1.65. The van der Waals surface area contributed by atoms with Crippen molar-refractivity contribution in [1.82, 2.24) is 14.9 Å². The van der Waals surface area contributed by atoms with Crippen molar-refractivity contribution in [3.05, 3.63) is 46.1 Å². The number of para-hydroxylation sites is 1. The molecule has 0 fully saturated rings. The highest BCUT2D eigenvalue weighted by Crippen LogP contribution is 2.12. The smallest absolute Gasteiger partial charge is 0.364 e. The molecule has 2 rings (SSSR count). The van der Waals surface area contributed by atoms with E-state index in [-0.39, 0.29) is 5.75 Å². The molecule has 0 saturated heterocycles. The van der Waals surface area contributed by atoms with Crippen molar-refractivity contribution in [2.24, 2.45) is 5.10 Å². The van der Waals surface area contributed by atoms with Crippen LogP contribution in [0.3, 0.4) is 0 Å². The highest BCUT2D eigenvalue weighted by atomic mass is 16.3. The molecule has 0 spiro atoms. The lowest BCUT2D eigenvalue weighted by Crippen LogP contribution is -2.13. The van der Waals surface area contributed by atoms with Crippen LogP contribution in [0.5, 0.6) is 5.75 Å². The molecule has 6 heteroatoms. The Morgan fingerprint density at radius 1 is 1.50 bits per heavy atom. The number of phenols is 1. The molecule has 16 heavy (non-hydrogen) atoms. The maximum atomic E-state index is 11.2. The fraction of sp³-hybridized carbons (Fsp3) is 0.100. The zero-order chi connectivity index (χ0) is 11.5. The molecule has 0 amide bonds. The first kappa shape index (κ1) is 10.2. The summed E-state index contributed by atoms with van der Waals surface area (Å²) >= 11 is 0. The summed E-state index contributed by atoms with van der Waals surface area (Å²) in [5.74, 6) is 0.567. The van der Waals surface area contributed by atoms with Gasteiger partial charge in [-0.3, -0.25) is 0 Å². The van der Waals surface area contributed by atoms with E-state index in [2.05, 4.69) is 15.3 Å². The number of nitrogens with one attached hydrogen (secondary N) is 1. The zero-order valence-electron chi connectivity index (χ0n) is 8.58. The topological polar surface area (TPSA) is 83.3 Å². The van der Waals surface area contributed by atoms with E-state index in [1.54, 1.807) is 31.2 Å². The standard InChI is InChI=1S/C10H10N4O2/c1-7-12-13-10(16)14(7)11-6-8-4-2-3-5-9(8)15/h2-6,15H,1H3,(H,13,16)/b11-6+. The van der Waals surface area contributed by atoms with Crippen LogP contribution in [0.1, 0.15) is 11.4 Å². The summed E-state index contributed by atoms with van der Waals surface area (Å²) in [5.41, 5.74) is 0.124. The average Bonchev–Trinajstić information content (AvgIpc) is 2.58. The maximum Gasteiger partial charge on any atom is 0.364 e. The second-order valence-corrected chi connectivity index (χ2v) is 3.19. The molecule has 0 radical (unpaired) electrons. The third-order valence-corrected chi connectivity index (χ3v) is 2.06. The molecule has 1 aromatic heterocycles. The number of nitrogens with zero attached hydrogens (tertiary/aromatic N) is 3. The molecular formula is C10H10N4O2. The van der Waals surface area contributed by atoms with Gasteiger partial charge in [-0.25, -0.2) is 9.89 Å². The molecule has 1 aromatic carbocycles. The summed E-state index contributed by atoms with van der Waals surface area (Å²) in [5, 5.41) is 19.4. The monoisotopic (exact) mass is 218 g/mol. The van der Waals surface area contributed by atoms with E-state index in [0.29, 0.717) is 11.4 Å². The second kappa shape index (κ2) is 4.01. The minimum absolute atomic E-state index is 0.112. The van der Waals surface area contributed by atoms with Gasteiger partial charge in [-0.2, -0.15) is 14.9 Å². The molecule has 0 unspecified atom stereocenters. The van der Waals surface area contributed by atoms with Crippen molar-refractivity contribution in [2.75, 3.05) is 0 Å². The number of phenolic OH excluding ortho intramolecular Hbond substituents is 1. The number of hydrogen-bond donors (Lipinski definition) is 2. The van der Waals surface area contributed by atoms with Crippen LogP contribution in [0, 0.1) is 6.92 Å². The minimum atomic E-state index is -0.413. The Hall–Kier alpha value is -2.37. The van der Waals surface area contributed by atoms with E-state index in [0.717, 1.165) is 4.68 Å². The Morgan fingerprint density at radius 2 is 2.25 bits per heavy atom. The Morgan fingerprint density at radius 3 is 2.88 bits per heavy atom. The van der Waals surface area contributed by atoms with E-state index in [4.69, 9.17) is 0 Å². The molecule has 0 aliphatic carbocycles. The van der Waals surface area contributed by atoms with Crippen LogP contribution in [0.15, 0.2) is 34.2 Å². The molecule has 0 saturated carbocycles. The highest BCUT2D eigenvalue weighted by molar-refractivity contribution is 5.83. The molecule has 2 N–H and O–H groups in total. The van der Waals surface area contributed by atoms with E-state index in [1.165, 1.54) is 6.21 Å². The number of aromatic hydroxyl groups is 1. The zero-order valence-corrected chi connectivity index (χ0v) is 8.58. The van der Waals surface area contributed by atoms with Gasteiger partial charge >= 0.3 is 5.69 Å². The normalized spacial score (nSPS) is 11.1. The Bertz CT molecular complexity index is 583. The predicted octanol–water partition coefficient (Wildman–Crippen LogP) is 0.468. The van der Waals surface area contributed by atoms with Crippen LogP contribution in [0.25, 0.3) is 0 Å². The van der Waals surface area contributed by atoms with Crippen molar-refractivity contribution in [2.45, 2.75) is 6.92 Å². The van der Waals surface area contributed by atoms with Gasteiger partial charge in [-0.05, 0) is 19.1 Å². The van der Waals surface area contributed by atoms with Crippen LogP contribution in [0.2, 0.25) is 0 Å². The van der Waals surface area contributed by atoms with Crippen LogP contribution >= 0.6 is 0 Å². The summed E-state index contributed by atoms with van der Waals surface area (Å²) in [7, 11) is 0. The SMILES string of the molecule is Cc1n[nH]c(=O)n1/N=C/c1ccccc1O. The fourth-order valence-corrected chi connectivity index (χ4v) is 1.22. The summed E-state index contributed by atoms with van der Waals surface area (Å²) in [6.07, 6.45) is 1.40. The van der Waals surface area contributed by atoms with E-state index >= 15 is 0 Å². The van der Waals surface area contributed by atoms with Gasteiger partial charge < -0.3 is 5.11 Å². The van der Waals surface area contributed by atoms with Crippen LogP contribution < -0.4 is 5.69 Å². The molecular weight excluding hydrogens is 208 g/mol. The molecule has 82 valence electrons. The largest absolute Gasteiger partial charge is 0.507 e. The van der Waals surface area contributed by atoms with Gasteiger partial charge in [0.2, 0.25) is 0 Å². The quantitative estimate of drug-likeness (QED) is 0.718. The van der Waals surface area contributed by atoms with Gasteiger partial charge in [-0.1, -0.05) is 12.1 Å². The lowest BCUT2D eigenvalue weighted by atomic mass is 10.2. The van der Waals surface area contributed by atoms with Crippen LogP contribution in [-0.4, -0.2) is 26.2 Å². The molecule has 6 nitrogen and oxygen atoms in total. The Balaban J connectivity index is 2.36. The number of rotatable bonds is 2. The molecule has 0 aliphatic rings. The van der Waals surface area contributed by atoms with E-state index < -0.39 is 5.69 Å². The minimum Gasteiger partial charge on any atom is -0.507 e. The number of H-pyrrole nitrogens is 1. The Labute approximate surface area is 90.9 Å². The fourth-order valence-electron chi connectivity index (χ4n) is 1.22. The second-order valence-electron chi connectivity index (χ2n) is 3.19. The molecule has 0 bridgehead atoms. The van der Waals surface area contributed by atoms with Crippen LogP contribution in [0.4, 0.5) is 0 Å². The number of aromatic nitrogens is 3. The van der Waals surface area contributed by atoms with Gasteiger partial charge in [0.15, 0.2) is 5.82 Å². The number of hydrogen-bond acceptors (Lipinski definition) is 4. The summed E-state index contributed by atoms with van der Waals surface area (Å²) in [4.78, 5) is 11.2. The van der Waals surface area contributed by atoms with Crippen molar-refractivity contribution in [3.63, 3.8) is 0 Å². The summed E-state index contributed by atoms with van der Waals surface area (Å²) in [6, 6.07) is 6.72. The van der Waals surface area contributed by atoms with Gasteiger partial charge in [0.25, 0.3) is 0 Å². The Kier molecular flexibility index (Phi) is 2.55.